The number of halogens is 1. The summed E-state index contributed by atoms with van der Waals surface area (Å²) in [6.45, 7) is 5.65. The van der Waals surface area contributed by atoms with Crippen LogP contribution < -0.4 is 11.1 Å². The van der Waals surface area contributed by atoms with Crippen molar-refractivity contribution in [2.75, 3.05) is 11.9 Å². The van der Waals surface area contributed by atoms with Gasteiger partial charge in [0.15, 0.2) is 0 Å². The molecule has 0 fully saturated rings. The lowest BCUT2D eigenvalue weighted by molar-refractivity contribution is -0.126. The van der Waals surface area contributed by atoms with Gasteiger partial charge in [-0.25, -0.2) is 0 Å². The number of primary amides is 1. The second-order valence-electron chi connectivity index (χ2n) is 4.14. The summed E-state index contributed by atoms with van der Waals surface area (Å²) in [6.07, 6.45) is 1.80. The van der Waals surface area contributed by atoms with Gasteiger partial charge < -0.3 is 15.8 Å². The summed E-state index contributed by atoms with van der Waals surface area (Å²) in [7, 11) is 0. The summed E-state index contributed by atoms with van der Waals surface area (Å²) in [6, 6.07) is 4.49. The van der Waals surface area contributed by atoms with Gasteiger partial charge in [0.1, 0.15) is 6.10 Å². The van der Waals surface area contributed by atoms with E-state index in [0.29, 0.717) is 18.7 Å². The number of anilines is 1. The number of carbonyl (C=O) groups is 2. The third kappa shape index (κ3) is 4.68. The normalized spacial score (nSPS) is 11.7. The molecule has 1 aromatic carbocycles. The molecule has 0 bridgehead atoms. The SMILES string of the molecule is C=CCCOC(C)C(=O)Nc1ccc(C(N)=O)c(Cl)c1. The van der Waals surface area contributed by atoms with Gasteiger partial charge in [0.05, 0.1) is 17.2 Å². The molecule has 0 saturated heterocycles. The molecule has 1 rings (SSSR count). The second kappa shape index (κ2) is 7.67. The van der Waals surface area contributed by atoms with Gasteiger partial charge in [-0.1, -0.05) is 17.7 Å². The first-order valence-corrected chi connectivity index (χ1v) is 6.46. The maximum absolute atomic E-state index is 11.8. The zero-order valence-corrected chi connectivity index (χ0v) is 11.9. The average Bonchev–Trinajstić information content (AvgIpc) is 2.38. The van der Waals surface area contributed by atoms with E-state index in [1.54, 1.807) is 19.1 Å². The first-order chi connectivity index (χ1) is 9.45. The highest BCUT2D eigenvalue weighted by Crippen LogP contribution is 2.20. The highest BCUT2D eigenvalue weighted by molar-refractivity contribution is 6.34. The fraction of sp³-hybridized carbons (Fsp3) is 0.286. The summed E-state index contributed by atoms with van der Waals surface area (Å²) >= 11 is 5.90. The van der Waals surface area contributed by atoms with E-state index in [9.17, 15) is 9.59 Å². The molecule has 3 N–H and O–H groups in total. The molecule has 0 saturated carbocycles. The third-order valence-electron chi connectivity index (χ3n) is 2.56. The zero-order valence-electron chi connectivity index (χ0n) is 11.2. The van der Waals surface area contributed by atoms with E-state index in [1.807, 2.05) is 0 Å². The molecule has 0 spiro atoms. The van der Waals surface area contributed by atoms with Crippen LogP contribution in [0.2, 0.25) is 5.02 Å². The second-order valence-corrected chi connectivity index (χ2v) is 4.55. The first-order valence-electron chi connectivity index (χ1n) is 6.08. The van der Waals surface area contributed by atoms with Crippen LogP contribution in [0.3, 0.4) is 0 Å². The first kappa shape index (κ1) is 16.2. The van der Waals surface area contributed by atoms with Gasteiger partial charge in [0.25, 0.3) is 5.91 Å². The number of hydrogen-bond acceptors (Lipinski definition) is 3. The minimum Gasteiger partial charge on any atom is -0.368 e. The molecular formula is C14H17ClN2O3. The number of hydrogen-bond donors (Lipinski definition) is 2. The summed E-state index contributed by atoms with van der Waals surface area (Å²) in [4.78, 5) is 22.9. The highest BCUT2D eigenvalue weighted by atomic mass is 35.5. The molecule has 0 heterocycles. The Morgan fingerprint density at radius 3 is 2.80 bits per heavy atom. The zero-order chi connectivity index (χ0) is 15.1. The average molecular weight is 297 g/mol. The van der Waals surface area contributed by atoms with E-state index < -0.39 is 12.0 Å². The molecule has 1 unspecified atom stereocenters. The maximum atomic E-state index is 11.8. The van der Waals surface area contributed by atoms with Crippen molar-refractivity contribution in [1.29, 1.82) is 0 Å². The fourth-order valence-electron chi connectivity index (χ4n) is 1.44. The van der Waals surface area contributed by atoms with Gasteiger partial charge in [0.2, 0.25) is 5.91 Å². The number of carbonyl (C=O) groups excluding carboxylic acids is 2. The molecule has 0 radical (unpaired) electrons. The Balaban J connectivity index is 2.64. The number of nitrogens with two attached hydrogens (primary N) is 1. The van der Waals surface area contributed by atoms with Crippen LogP contribution in [0.1, 0.15) is 23.7 Å². The van der Waals surface area contributed by atoms with Crippen molar-refractivity contribution in [1.82, 2.24) is 0 Å². The molecule has 1 atom stereocenters. The van der Waals surface area contributed by atoms with Crippen molar-refractivity contribution in [3.05, 3.63) is 41.4 Å². The minimum atomic E-state index is -0.617. The molecule has 0 aliphatic heterocycles. The molecule has 0 aliphatic rings. The molecule has 1 aromatic rings. The monoisotopic (exact) mass is 296 g/mol. The van der Waals surface area contributed by atoms with E-state index in [2.05, 4.69) is 11.9 Å². The molecule has 0 aliphatic carbocycles. The number of nitrogens with one attached hydrogen (secondary N) is 1. The minimum absolute atomic E-state index is 0.190. The Morgan fingerprint density at radius 2 is 2.25 bits per heavy atom. The summed E-state index contributed by atoms with van der Waals surface area (Å²) in [5.74, 6) is -0.911. The maximum Gasteiger partial charge on any atom is 0.253 e. The molecule has 20 heavy (non-hydrogen) atoms. The lowest BCUT2D eigenvalue weighted by Crippen LogP contribution is -2.28. The largest absolute Gasteiger partial charge is 0.368 e. The Morgan fingerprint density at radius 1 is 1.55 bits per heavy atom. The Hall–Kier alpha value is -1.85. The highest BCUT2D eigenvalue weighted by Gasteiger charge is 2.14. The van der Waals surface area contributed by atoms with Crippen molar-refractivity contribution in [3.63, 3.8) is 0 Å². The van der Waals surface area contributed by atoms with E-state index in [4.69, 9.17) is 22.1 Å². The van der Waals surface area contributed by atoms with Gasteiger partial charge in [-0.3, -0.25) is 9.59 Å². The van der Waals surface area contributed by atoms with Crippen molar-refractivity contribution in [3.8, 4) is 0 Å². The number of ether oxygens (including phenoxy) is 1. The van der Waals surface area contributed by atoms with Crippen LogP contribution in [0, 0.1) is 0 Å². The number of rotatable bonds is 7. The van der Waals surface area contributed by atoms with Crippen LogP contribution in [-0.2, 0) is 9.53 Å². The van der Waals surface area contributed by atoms with Crippen LogP contribution in [-0.4, -0.2) is 24.5 Å². The third-order valence-corrected chi connectivity index (χ3v) is 2.87. The van der Waals surface area contributed by atoms with E-state index in [0.717, 1.165) is 0 Å². The smallest absolute Gasteiger partial charge is 0.253 e. The Kier molecular flexibility index (Phi) is 6.21. The quantitative estimate of drug-likeness (QED) is 0.598. The van der Waals surface area contributed by atoms with Crippen molar-refractivity contribution < 1.29 is 14.3 Å². The van der Waals surface area contributed by atoms with E-state index in [-0.39, 0.29) is 16.5 Å². The van der Waals surface area contributed by atoms with E-state index in [1.165, 1.54) is 12.1 Å². The van der Waals surface area contributed by atoms with Crippen LogP contribution in [0.5, 0.6) is 0 Å². The molecule has 6 heteroatoms. The van der Waals surface area contributed by atoms with E-state index >= 15 is 0 Å². The van der Waals surface area contributed by atoms with Gasteiger partial charge in [-0.05, 0) is 31.5 Å². The predicted molar refractivity (Wildman–Crippen MR) is 78.8 cm³/mol. The molecule has 108 valence electrons. The van der Waals surface area contributed by atoms with Gasteiger partial charge in [-0.2, -0.15) is 0 Å². The summed E-state index contributed by atoms with van der Waals surface area (Å²) in [5.41, 5.74) is 5.83. The molecule has 5 nitrogen and oxygen atoms in total. The number of benzene rings is 1. The van der Waals surface area contributed by atoms with Gasteiger partial charge in [-0.15, -0.1) is 6.58 Å². The van der Waals surface area contributed by atoms with Crippen LogP contribution in [0.4, 0.5) is 5.69 Å². The molecule has 0 aromatic heterocycles. The predicted octanol–water partition coefficient (Wildman–Crippen LogP) is 2.36. The number of amides is 2. The molecular weight excluding hydrogens is 280 g/mol. The summed E-state index contributed by atoms with van der Waals surface area (Å²) in [5, 5.41) is 2.84. The Labute approximate surface area is 122 Å². The topological polar surface area (TPSA) is 81.4 Å². The van der Waals surface area contributed by atoms with Gasteiger partial charge in [0, 0.05) is 5.69 Å². The fourth-order valence-corrected chi connectivity index (χ4v) is 1.71. The van der Waals surface area contributed by atoms with Crippen LogP contribution in [0.25, 0.3) is 0 Å². The van der Waals surface area contributed by atoms with Crippen molar-refractivity contribution in [2.45, 2.75) is 19.4 Å². The lowest BCUT2D eigenvalue weighted by Gasteiger charge is -2.13. The van der Waals surface area contributed by atoms with Crippen LogP contribution >= 0.6 is 11.6 Å². The standard InChI is InChI=1S/C14H17ClN2O3/c1-3-4-7-20-9(2)14(19)17-10-5-6-11(13(16)18)12(15)8-10/h3,5-6,8-9H,1,4,7H2,2H3,(H2,16,18)(H,17,19). The van der Waals surface area contributed by atoms with Crippen molar-refractivity contribution >= 4 is 29.1 Å². The molecule has 2 amide bonds. The van der Waals surface area contributed by atoms with Gasteiger partial charge >= 0.3 is 0 Å². The van der Waals surface area contributed by atoms with Crippen molar-refractivity contribution in [2.24, 2.45) is 5.73 Å². The summed E-state index contributed by atoms with van der Waals surface area (Å²) < 4.78 is 5.32. The lowest BCUT2D eigenvalue weighted by atomic mass is 10.2. The Bertz CT molecular complexity index is 517. The van der Waals surface area contributed by atoms with Crippen LogP contribution in [0.15, 0.2) is 30.9 Å².